The van der Waals surface area contributed by atoms with Crippen LogP contribution in [0.4, 0.5) is 0 Å². The number of hydrogen-bond acceptors (Lipinski definition) is 4. The van der Waals surface area contributed by atoms with E-state index in [1.165, 1.54) is 0 Å². The minimum Gasteiger partial charge on any atom is -0.385 e. The molecule has 1 aliphatic rings. The number of rotatable bonds is 9. The highest BCUT2D eigenvalue weighted by atomic mass is 16.5. The molecule has 0 aliphatic carbocycles. The zero-order valence-electron chi connectivity index (χ0n) is 13.6. The topological polar surface area (TPSA) is 67.9 Å². The van der Waals surface area contributed by atoms with Gasteiger partial charge in [-0.15, -0.1) is 0 Å². The van der Waals surface area contributed by atoms with Crippen molar-refractivity contribution in [2.45, 2.75) is 45.7 Å². The van der Waals surface area contributed by atoms with Gasteiger partial charge in [0.05, 0.1) is 6.61 Å². The predicted molar refractivity (Wildman–Crippen MR) is 79.9 cm³/mol. The molecular weight excluding hydrogens is 272 g/mol. The molecule has 2 amide bonds. The quantitative estimate of drug-likeness (QED) is 0.640. The van der Waals surface area contributed by atoms with Crippen LogP contribution in [0.3, 0.4) is 0 Å². The van der Waals surface area contributed by atoms with E-state index in [1.807, 2.05) is 13.8 Å². The Hall–Kier alpha value is -1.14. The largest absolute Gasteiger partial charge is 0.385 e. The first kappa shape index (κ1) is 17.9. The van der Waals surface area contributed by atoms with Gasteiger partial charge in [-0.2, -0.15) is 0 Å². The first-order valence-electron chi connectivity index (χ1n) is 7.70. The van der Waals surface area contributed by atoms with Gasteiger partial charge in [-0.3, -0.25) is 9.59 Å². The molecule has 0 spiro atoms. The summed E-state index contributed by atoms with van der Waals surface area (Å²) in [5.74, 6) is 0.0512. The van der Waals surface area contributed by atoms with E-state index in [1.54, 1.807) is 18.9 Å². The number of nitrogens with one attached hydrogen (secondary N) is 1. The van der Waals surface area contributed by atoms with Crippen molar-refractivity contribution in [3.8, 4) is 0 Å². The van der Waals surface area contributed by atoms with Crippen molar-refractivity contribution in [1.82, 2.24) is 10.2 Å². The maximum absolute atomic E-state index is 12.5. The molecule has 0 radical (unpaired) electrons. The summed E-state index contributed by atoms with van der Waals surface area (Å²) in [5, 5.41) is 2.83. The number of methoxy groups -OCH3 is 1. The fourth-order valence-electron chi connectivity index (χ4n) is 2.34. The Kier molecular flexibility index (Phi) is 7.67. The number of carbonyl (C=O) groups excluding carboxylic acids is 2. The minimum absolute atomic E-state index is 0.00283. The van der Waals surface area contributed by atoms with Crippen LogP contribution in [0, 0.1) is 5.92 Å². The molecule has 0 aromatic carbocycles. The van der Waals surface area contributed by atoms with Gasteiger partial charge in [-0.25, -0.2) is 0 Å². The highest BCUT2D eigenvalue weighted by Crippen LogP contribution is 2.17. The van der Waals surface area contributed by atoms with Gasteiger partial charge in [-0.05, 0) is 19.3 Å². The Bertz CT molecular complexity index is 349. The van der Waals surface area contributed by atoms with E-state index >= 15 is 0 Å². The summed E-state index contributed by atoms with van der Waals surface area (Å²) in [6.07, 6.45) is 1.68. The van der Waals surface area contributed by atoms with Crippen molar-refractivity contribution < 1.29 is 19.1 Å². The fourth-order valence-corrected chi connectivity index (χ4v) is 2.34. The van der Waals surface area contributed by atoms with Crippen LogP contribution in [0.15, 0.2) is 0 Å². The number of hydrogen-bond donors (Lipinski definition) is 1. The average Bonchev–Trinajstić information content (AvgIpc) is 2.48. The molecule has 6 heteroatoms. The number of ether oxygens (including phenoxy) is 2. The summed E-state index contributed by atoms with van der Waals surface area (Å²) in [5.41, 5.74) is 0. The number of amides is 2. The van der Waals surface area contributed by atoms with Gasteiger partial charge in [0.2, 0.25) is 11.8 Å². The van der Waals surface area contributed by atoms with E-state index in [0.29, 0.717) is 26.4 Å². The van der Waals surface area contributed by atoms with Crippen LogP contribution in [0.1, 0.15) is 33.6 Å². The maximum atomic E-state index is 12.5. The van der Waals surface area contributed by atoms with Crippen LogP contribution in [0.25, 0.3) is 0 Å². The van der Waals surface area contributed by atoms with Crippen molar-refractivity contribution in [2.75, 3.05) is 33.5 Å². The molecule has 0 saturated carbocycles. The zero-order valence-corrected chi connectivity index (χ0v) is 13.6. The summed E-state index contributed by atoms with van der Waals surface area (Å²) in [6, 6.07) is -0.840. The molecule has 0 aromatic rings. The van der Waals surface area contributed by atoms with Crippen LogP contribution in [0.2, 0.25) is 0 Å². The Balaban J connectivity index is 2.49. The first-order valence-corrected chi connectivity index (χ1v) is 7.70. The molecule has 0 aromatic heterocycles. The molecule has 21 heavy (non-hydrogen) atoms. The fraction of sp³-hybridized carbons (Fsp3) is 0.867. The Morgan fingerprint density at radius 3 is 2.62 bits per heavy atom. The second-order valence-electron chi connectivity index (χ2n) is 5.54. The van der Waals surface area contributed by atoms with Gasteiger partial charge >= 0.3 is 0 Å². The molecule has 0 bridgehead atoms. The van der Waals surface area contributed by atoms with Crippen LogP contribution in [-0.4, -0.2) is 62.3 Å². The normalized spacial score (nSPS) is 24.1. The van der Waals surface area contributed by atoms with Gasteiger partial charge in [0, 0.05) is 26.9 Å². The zero-order chi connectivity index (χ0) is 15.8. The van der Waals surface area contributed by atoms with E-state index in [2.05, 4.69) is 5.32 Å². The summed E-state index contributed by atoms with van der Waals surface area (Å²) < 4.78 is 10.4. The summed E-state index contributed by atoms with van der Waals surface area (Å²) >= 11 is 0. The molecule has 1 fully saturated rings. The molecule has 6 nitrogen and oxygen atoms in total. The molecular formula is C15H28N2O4. The van der Waals surface area contributed by atoms with Crippen molar-refractivity contribution in [1.29, 1.82) is 0 Å². The third kappa shape index (κ3) is 4.97. The van der Waals surface area contributed by atoms with Crippen molar-refractivity contribution in [2.24, 2.45) is 5.92 Å². The first-order chi connectivity index (χ1) is 10.0. The SMILES string of the molecule is CCC(C)C1NC(=O)C(C)N(CCOCCCOC)C1=O. The molecule has 1 aliphatic heterocycles. The lowest BCUT2D eigenvalue weighted by atomic mass is 9.94. The van der Waals surface area contributed by atoms with Crippen LogP contribution in [0.5, 0.6) is 0 Å². The monoisotopic (exact) mass is 300 g/mol. The van der Waals surface area contributed by atoms with Crippen molar-refractivity contribution in [3.05, 3.63) is 0 Å². The molecule has 1 saturated heterocycles. The molecule has 1 N–H and O–H groups in total. The number of piperazine rings is 1. The smallest absolute Gasteiger partial charge is 0.246 e. The highest BCUT2D eigenvalue weighted by molar-refractivity contribution is 5.96. The van der Waals surface area contributed by atoms with E-state index in [0.717, 1.165) is 12.8 Å². The van der Waals surface area contributed by atoms with E-state index in [9.17, 15) is 9.59 Å². The standard InChI is InChI=1S/C15H28N2O4/c1-5-11(2)13-15(19)17(12(3)14(18)16-13)7-10-21-9-6-8-20-4/h11-13H,5-10H2,1-4H3,(H,16,18). The molecule has 1 heterocycles. The highest BCUT2D eigenvalue weighted by Gasteiger charge is 2.39. The molecule has 3 unspecified atom stereocenters. The van der Waals surface area contributed by atoms with Crippen molar-refractivity contribution in [3.63, 3.8) is 0 Å². The molecule has 122 valence electrons. The Morgan fingerprint density at radius 2 is 2.00 bits per heavy atom. The molecule has 1 rings (SSSR count). The number of carbonyl (C=O) groups is 2. The van der Waals surface area contributed by atoms with Crippen molar-refractivity contribution >= 4 is 11.8 Å². The number of nitrogens with zero attached hydrogens (tertiary/aromatic N) is 1. The lowest BCUT2D eigenvalue weighted by molar-refractivity contribution is -0.150. The van der Waals surface area contributed by atoms with E-state index in [4.69, 9.17) is 9.47 Å². The van der Waals surface area contributed by atoms with Gasteiger partial charge in [0.1, 0.15) is 12.1 Å². The van der Waals surface area contributed by atoms with Crippen LogP contribution < -0.4 is 5.32 Å². The molecule has 3 atom stereocenters. The Morgan fingerprint density at radius 1 is 1.29 bits per heavy atom. The van der Waals surface area contributed by atoms with E-state index in [-0.39, 0.29) is 17.7 Å². The summed E-state index contributed by atoms with van der Waals surface area (Å²) in [4.78, 5) is 26.1. The summed E-state index contributed by atoms with van der Waals surface area (Å²) in [7, 11) is 1.65. The van der Waals surface area contributed by atoms with Gasteiger partial charge in [0.15, 0.2) is 0 Å². The lowest BCUT2D eigenvalue weighted by Gasteiger charge is -2.39. The second-order valence-corrected chi connectivity index (χ2v) is 5.54. The average molecular weight is 300 g/mol. The Labute approximate surface area is 127 Å². The van der Waals surface area contributed by atoms with Crippen LogP contribution in [-0.2, 0) is 19.1 Å². The van der Waals surface area contributed by atoms with Gasteiger partial charge in [0.25, 0.3) is 0 Å². The van der Waals surface area contributed by atoms with Gasteiger partial charge in [-0.1, -0.05) is 20.3 Å². The second kappa shape index (κ2) is 9.00. The third-order valence-corrected chi connectivity index (χ3v) is 4.02. The third-order valence-electron chi connectivity index (χ3n) is 4.02. The predicted octanol–water partition coefficient (Wildman–Crippen LogP) is 0.801. The maximum Gasteiger partial charge on any atom is 0.246 e. The van der Waals surface area contributed by atoms with E-state index < -0.39 is 12.1 Å². The van der Waals surface area contributed by atoms with Gasteiger partial charge < -0.3 is 19.7 Å². The van der Waals surface area contributed by atoms with Crippen LogP contribution >= 0.6 is 0 Å². The summed E-state index contributed by atoms with van der Waals surface area (Å²) in [6.45, 7) is 7.92. The lowest BCUT2D eigenvalue weighted by Crippen LogP contribution is -2.64. The minimum atomic E-state index is -0.430.